The highest BCUT2D eigenvalue weighted by atomic mass is 13.7. The number of hydrogen-bond donors (Lipinski definition) is 0. The van der Waals surface area contributed by atoms with E-state index < -0.39 is 0 Å². The van der Waals surface area contributed by atoms with Gasteiger partial charge in [0.1, 0.15) is 0 Å². The van der Waals surface area contributed by atoms with Crippen LogP contribution in [0.1, 0.15) is 77.7 Å². The first-order chi connectivity index (χ1) is 5.41. The molecule has 0 saturated carbocycles. The fourth-order valence-corrected chi connectivity index (χ4v) is 0.354. The molecule has 0 unspecified atom stereocenters. The van der Waals surface area contributed by atoms with Crippen LogP contribution >= 0.6 is 0 Å². The maximum absolute atomic E-state index is 3.00. The summed E-state index contributed by atoms with van der Waals surface area (Å²) < 4.78 is 0. The molecule has 0 heterocycles. The van der Waals surface area contributed by atoms with Crippen molar-refractivity contribution in [3.05, 3.63) is 39.5 Å². The number of unbranched alkanes of at least 4 members (excludes halogenated alkanes) is 2. The predicted molar refractivity (Wildman–Crippen MR) is 99.3 cm³/mol. The Labute approximate surface area is 118 Å². The molecule has 0 aliphatic rings. The summed E-state index contributed by atoms with van der Waals surface area (Å²) in [4.78, 5) is 0. The van der Waals surface area contributed by atoms with Crippen LogP contribution in [0.25, 0.3) is 0 Å². The Morgan fingerprint density at radius 3 is 0.588 bits per heavy atom. The molecule has 0 aromatic rings. The van der Waals surface area contributed by atoms with Gasteiger partial charge >= 0.3 is 0 Å². The van der Waals surface area contributed by atoms with Gasteiger partial charge in [-0.3, -0.25) is 0 Å². The molecule has 0 atom stereocenters. The molecular formula is C17H48. The van der Waals surface area contributed by atoms with E-state index in [1.165, 1.54) is 19.3 Å². The Hall–Kier alpha value is -0.780. The van der Waals surface area contributed by atoms with E-state index >= 15 is 0 Å². The van der Waals surface area contributed by atoms with Crippen LogP contribution in [0.2, 0.25) is 0 Å². The second kappa shape index (κ2) is 624. The molecule has 0 rings (SSSR count). The fraction of sp³-hybridized carbons (Fsp3) is 0.647. The van der Waals surface area contributed by atoms with Crippen molar-refractivity contribution in [3.63, 3.8) is 0 Å². The highest BCUT2D eigenvalue weighted by Crippen LogP contribution is 1.88. The van der Waals surface area contributed by atoms with Crippen LogP contribution in [0.4, 0.5) is 0 Å². The lowest BCUT2D eigenvalue weighted by Crippen LogP contribution is -1.59. The Bertz CT molecular complexity index is 24.3. The first-order valence-corrected chi connectivity index (χ1v) is 3.91. The van der Waals surface area contributed by atoms with Gasteiger partial charge in [0, 0.05) is 0 Å². The molecule has 116 valence electrons. The van der Waals surface area contributed by atoms with E-state index in [2.05, 4.69) is 53.3 Å². The van der Waals surface area contributed by atoms with Gasteiger partial charge in [0.2, 0.25) is 0 Å². The highest BCUT2D eigenvalue weighted by Gasteiger charge is 1.68. The molecule has 17 heavy (non-hydrogen) atoms. The van der Waals surface area contributed by atoms with Crippen molar-refractivity contribution in [2.24, 2.45) is 0 Å². The van der Waals surface area contributed by atoms with E-state index in [4.69, 9.17) is 0 Å². The smallest absolute Gasteiger partial charge is 0.0538 e. The molecule has 0 spiro atoms. The fourth-order valence-electron chi connectivity index (χ4n) is 0.354. The lowest BCUT2D eigenvalue weighted by atomic mass is 10.3. The van der Waals surface area contributed by atoms with Crippen molar-refractivity contribution in [1.29, 1.82) is 0 Å². The van der Waals surface area contributed by atoms with Gasteiger partial charge in [-0.15, -0.1) is 39.5 Å². The van der Waals surface area contributed by atoms with E-state index in [-0.39, 0.29) is 44.6 Å². The van der Waals surface area contributed by atoms with E-state index in [1.807, 2.05) is 0 Å². The van der Waals surface area contributed by atoms with Gasteiger partial charge in [-0.05, 0) is 0 Å². The van der Waals surface area contributed by atoms with Crippen molar-refractivity contribution in [2.45, 2.75) is 77.7 Å². The molecular weight excluding hydrogens is 204 g/mol. The third-order valence-electron chi connectivity index (χ3n) is 0.707. The van der Waals surface area contributed by atoms with Crippen molar-refractivity contribution in [3.8, 4) is 0 Å². The Morgan fingerprint density at radius 1 is 0.471 bits per heavy atom. The predicted octanol–water partition coefficient (Wildman–Crippen LogP) is 8.42. The van der Waals surface area contributed by atoms with Gasteiger partial charge in [0.05, 0.1) is 0 Å². The van der Waals surface area contributed by atoms with Crippen LogP contribution in [0.3, 0.4) is 0 Å². The van der Waals surface area contributed by atoms with Crippen LogP contribution in [-0.4, -0.2) is 0 Å². The Balaban J connectivity index is -0.00000000467. The molecule has 0 nitrogen and oxygen atoms in total. The van der Waals surface area contributed by atoms with Crippen LogP contribution in [0.5, 0.6) is 0 Å². The molecule has 0 bridgehead atoms. The monoisotopic (exact) mass is 252 g/mol. The van der Waals surface area contributed by atoms with Crippen molar-refractivity contribution >= 4 is 0 Å². The average molecular weight is 253 g/mol. The van der Waals surface area contributed by atoms with Gasteiger partial charge in [0.25, 0.3) is 0 Å². The number of rotatable bonds is 2. The van der Waals surface area contributed by atoms with E-state index in [0.29, 0.717) is 0 Å². The van der Waals surface area contributed by atoms with Crippen LogP contribution in [-0.2, 0) is 0 Å². The van der Waals surface area contributed by atoms with Crippen molar-refractivity contribution in [1.82, 2.24) is 0 Å². The highest BCUT2D eigenvalue weighted by molar-refractivity contribution is 4.24. The maximum Gasteiger partial charge on any atom is -0.0538 e. The van der Waals surface area contributed by atoms with Gasteiger partial charge in [-0.25, -0.2) is 0 Å². The topological polar surface area (TPSA) is 0 Å². The lowest BCUT2D eigenvalue weighted by molar-refractivity contribution is 0.772. The van der Waals surface area contributed by atoms with Gasteiger partial charge < -0.3 is 0 Å². The van der Waals surface area contributed by atoms with Gasteiger partial charge in [-0.2, -0.15) is 0 Å². The first-order valence-electron chi connectivity index (χ1n) is 3.91. The molecule has 0 amide bonds. The third-order valence-corrected chi connectivity index (χ3v) is 0.707. The first kappa shape index (κ1) is 97.1. The van der Waals surface area contributed by atoms with Crippen LogP contribution in [0, 0.1) is 0 Å². The molecule has 0 radical (unpaired) electrons. The molecule has 0 aliphatic carbocycles. The molecule has 0 fully saturated rings. The summed E-state index contributed by atoms with van der Waals surface area (Å²) in [6, 6.07) is 0. The standard InChI is InChI=1S/C5H12.3C2H4.6CH4/c1-3-5-4-2;3*1-2;;;;;;/h3-5H2,1-2H3;3*1-2H2;6*1H4. The lowest BCUT2D eigenvalue weighted by Gasteiger charge is -1.79. The average Bonchev–Trinajstić information content (AvgIpc) is 2.16. The normalized spacial score (nSPS) is 3.18. The molecule has 0 aromatic carbocycles. The van der Waals surface area contributed by atoms with Crippen LogP contribution < -0.4 is 0 Å². The zero-order valence-corrected chi connectivity index (χ0v) is 8.36. The molecule has 0 aliphatic heterocycles. The maximum atomic E-state index is 3.00. The second-order valence-electron chi connectivity index (χ2n) is 1.35. The molecule has 0 heteroatoms. The van der Waals surface area contributed by atoms with E-state index in [0.717, 1.165) is 0 Å². The summed E-state index contributed by atoms with van der Waals surface area (Å²) in [5.41, 5.74) is 0. The van der Waals surface area contributed by atoms with E-state index in [1.54, 1.807) is 0 Å². The summed E-state index contributed by atoms with van der Waals surface area (Å²) in [5.74, 6) is 0. The summed E-state index contributed by atoms with van der Waals surface area (Å²) >= 11 is 0. The molecule has 0 N–H and O–H groups in total. The zero-order valence-electron chi connectivity index (χ0n) is 8.36. The molecule has 0 aromatic heterocycles. The largest absolute Gasteiger partial charge is 0.106 e. The minimum absolute atomic E-state index is 0. The minimum Gasteiger partial charge on any atom is -0.106 e. The van der Waals surface area contributed by atoms with Crippen LogP contribution in [0.15, 0.2) is 39.5 Å². The quantitative estimate of drug-likeness (QED) is 0.433. The van der Waals surface area contributed by atoms with Gasteiger partial charge in [-0.1, -0.05) is 77.7 Å². The third kappa shape index (κ3) is 1790. The molecule has 0 saturated heterocycles. The SMILES string of the molecule is C.C.C.C.C.C.C=C.C=C.C=C.CCCCC. The Kier molecular flexibility index (Phi) is 3570. The summed E-state index contributed by atoms with van der Waals surface area (Å²) in [7, 11) is 0. The second-order valence-corrected chi connectivity index (χ2v) is 1.35. The summed E-state index contributed by atoms with van der Waals surface area (Å²) in [6.07, 6.45) is 4.08. The summed E-state index contributed by atoms with van der Waals surface area (Å²) in [5, 5.41) is 0. The summed E-state index contributed by atoms with van der Waals surface area (Å²) in [6.45, 7) is 22.4. The van der Waals surface area contributed by atoms with E-state index in [9.17, 15) is 0 Å². The number of hydrogen-bond acceptors (Lipinski definition) is 0. The minimum atomic E-state index is 0. The Morgan fingerprint density at radius 2 is 0.588 bits per heavy atom. The zero-order chi connectivity index (χ0) is 10.1. The van der Waals surface area contributed by atoms with Gasteiger partial charge in [0.15, 0.2) is 0 Å². The van der Waals surface area contributed by atoms with Crippen molar-refractivity contribution in [2.75, 3.05) is 0 Å². The van der Waals surface area contributed by atoms with Crippen molar-refractivity contribution < 1.29 is 0 Å².